The minimum absolute atomic E-state index is 0.0548. The van der Waals surface area contributed by atoms with Gasteiger partial charge in [0.1, 0.15) is 11.4 Å². The lowest BCUT2D eigenvalue weighted by atomic mass is 9.89. The highest BCUT2D eigenvalue weighted by atomic mass is 16.4. The average Bonchev–Trinajstić information content (AvgIpc) is 2.47. The van der Waals surface area contributed by atoms with Crippen molar-refractivity contribution in [3.63, 3.8) is 0 Å². The molecule has 20 heavy (non-hydrogen) atoms. The average molecular weight is 268 g/mol. The van der Waals surface area contributed by atoms with Gasteiger partial charge in [-0.1, -0.05) is 18.2 Å². The second-order valence-electron chi connectivity index (χ2n) is 5.15. The minimum atomic E-state index is -1.05. The van der Waals surface area contributed by atoms with Gasteiger partial charge in [-0.3, -0.25) is 0 Å². The molecule has 0 saturated heterocycles. The van der Waals surface area contributed by atoms with Crippen LogP contribution in [-0.2, 0) is 12.8 Å². The molecule has 0 amide bonds. The van der Waals surface area contributed by atoms with E-state index in [1.807, 2.05) is 6.07 Å². The Morgan fingerprint density at radius 1 is 1.10 bits per heavy atom. The number of anilines is 1. The van der Waals surface area contributed by atoms with Gasteiger partial charge in [-0.2, -0.15) is 0 Å². The van der Waals surface area contributed by atoms with Gasteiger partial charge in [0.05, 0.1) is 0 Å². The van der Waals surface area contributed by atoms with Crippen molar-refractivity contribution in [2.75, 3.05) is 5.73 Å². The normalized spacial score (nSPS) is 13.8. The lowest BCUT2D eigenvalue weighted by Crippen LogP contribution is -2.05. The van der Waals surface area contributed by atoms with E-state index in [-0.39, 0.29) is 11.4 Å². The number of aromatic carboxylic acids is 1. The van der Waals surface area contributed by atoms with Gasteiger partial charge in [-0.05, 0) is 48.4 Å². The number of carbonyl (C=O) groups is 1. The third kappa shape index (κ3) is 2.25. The van der Waals surface area contributed by atoms with E-state index < -0.39 is 5.97 Å². The quantitative estimate of drug-likeness (QED) is 0.878. The Kier molecular flexibility index (Phi) is 3.14. The van der Waals surface area contributed by atoms with Gasteiger partial charge in [0.15, 0.2) is 0 Å². The maximum absolute atomic E-state index is 11.1. The van der Waals surface area contributed by atoms with Gasteiger partial charge in [-0.25, -0.2) is 9.78 Å². The maximum Gasteiger partial charge on any atom is 0.339 e. The highest BCUT2D eigenvalue weighted by molar-refractivity contribution is 5.94. The Labute approximate surface area is 117 Å². The second-order valence-corrected chi connectivity index (χ2v) is 5.15. The molecule has 4 nitrogen and oxygen atoms in total. The van der Waals surface area contributed by atoms with Crippen LogP contribution in [0.3, 0.4) is 0 Å². The zero-order valence-electron chi connectivity index (χ0n) is 11.1. The molecule has 3 N–H and O–H groups in total. The van der Waals surface area contributed by atoms with E-state index in [9.17, 15) is 4.79 Å². The number of nitrogens with two attached hydrogens (primary N) is 1. The number of pyridine rings is 1. The van der Waals surface area contributed by atoms with Crippen LogP contribution >= 0.6 is 0 Å². The van der Waals surface area contributed by atoms with Crippen LogP contribution < -0.4 is 5.73 Å². The number of rotatable bonds is 2. The number of benzene rings is 1. The molecule has 3 rings (SSSR count). The van der Waals surface area contributed by atoms with Crippen molar-refractivity contribution < 1.29 is 9.90 Å². The van der Waals surface area contributed by atoms with E-state index in [1.165, 1.54) is 24.0 Å². The van der Waals surface area contributed by atoms with Crippen LogP contribution in [0.15, 0.2) is 30.5 Å². The Morgan fingerprint density at radius 3 is 2.60 bits per heavy atom. The molecule has 1 aromatic heterocycles. The van der Waals surface area contributed by atoms with Crippen LogP contribution in [0.5, 0.6) is 0 Å². The number of nitrogen functional groups attached to an aromatic ring is 1. The highest BCUT2D eigenvalue weighted by Gasteiger charge is 2.13. The van der Waals surface area contributed by atoms with E-state index in [1.54, 1.807) is 12.3 Å². The predicted molar refractivity (Wildman–Crippen MR) is 77.7 cm³/mol. The summed E-state index contributed by atoms with van der Waals surface area (Å²) in [6.07, 6.45) is 6.33. The van der Waals surface area contributed by atoms with Gasteiger partial charge < -0.3 is 10.8 Å². The zero-order chi connectivity index (χ0) is 14.1. The second kappa shape index (κ2) is 4.96. The van der Waals surface area contributed by atoms with E-state index in [0.29, 0.717) is 0 Å². The summed E-state index contributed by atoms with van der Waals surface area (Å²) in [5.74, 6) is -0.992. The minimum Gasteiger partial charge on any atom is -0.478 e. The Morgan fingerprint density at radius 2 is 1.85 bits per heavy atom. The molecule has 0 fully saturated rings. The fourth-order valence-electron chi connectivity index (χ4n) is 2.72. The van der Waals surface area contributed by atoms with Crippen molar-refractivity contribution in [2.45, 2.75) is 25.7 Å². The van der Waals surface area contributed by atoms with E-state index in [2.05, 4.69) is 17.1 Å². The van der Waals surface area contributed by atoms with Gasteiger partial charge >= 0.3 is 5.97 Å². The molecule has 2 aromatic rings. The summed E-state index contributed by atoms with van der Waals surface area (Å²) in [5.41, 5.74) is 10.2. The summed E-state index contributed by atoms with van der Waals surface area (Å²) in [5, 5.41) is 9.11. The van der Waals surface area contributed by atoms with Gasteiger partial charge in [0.2, 0.25) is 0 Å². The molecule has 0 spiro atoms. The Bertz CT molecular complexity index is 680. The van der Waals surface area contributed by atoms with Crippen molar-refractivity contribution in [1.82, 2.24) is 4.98 Å². The van der Waals surface area contributed by atoms with Crippen molar-refractivity contribution in [3.05, 3.63) is 47.2 Å². The standard InChI is InChI=1S/C16H16N2O2/c17-15-14(16(19)20)8-13(9-18-15)12-6-5-10-3-1-2-4-11(10)7-12/h5-9H,1-4H2,(H2,17,18)(H,19,20). The monoisotopic (exact) mass is 268 g/mol. The fourth-order valence-corrected chi connectivity index (χ4v) is 2.72. The number of hydrogen-bond donors (Lipinski definition) is 2. The van der Waals surface area contributed by atoms with Gasteiger partial charge in [-0.15, -0.1) is 0 Å². The van der Waals surface area contributed by atoms with Crippen molar-refractivity contribution in [1.29, 1.82) is 0 Å². The molecular weight excluding hydrogens is 252 g/mol. The summed E-state index contributed by atoms with van der Waals surface area (Å²) >= 11 is 0. The fraction of sp³-hybridized carbons (Fsp3) is 0.250. The highest BCUT2D eigenvalue weighted by Crippen LogP contribution is 2.28. The number of aromatic nitrogens is 1. The molecule has 4 heteroatoms. The van der Waals surface area contributed by atoms with Gasteiger partial charge in [0, 0.05) is 11.8 Å². The first-order valence-electron chi connectivity index (χ1n) is 6.76. The molecule has 0 saturated carbocycles. The summed E-state index contributed by atoms with van der Waals surface area (Å²) in [7, 11) is 0. The molecule has 1 aliphatic rings. The van der Waals surface area contributed by atoms with E-state index >= 15 is 0 Å². The molecular formula is C16H16N2O2. The molecule has 1 aromatic carbocycles. The van der Waals surface area contributed by atoms with Crippen LogP contribution in [0.4, 0.5) is 5.82 Å². The molecule has 1 aliphatic carbocycles. The van der Waals surface area contributed by atoms with Crippen LogP contribution in [0.1, 0.15) is 34.3 Å². The van der Waals surface area contributed by atoms with Crippen LogP contribution in [0.25, 0.3) is 11.1 Å². The molecule has 0 aliphatic heterocycles. The maximum atomic E-state index is 11.1. The van der Waals surface area contributed by atoms with Crippen LogP contribution in [-0.4, -0.2) is 16.1 Å². The SMILES string of the molecule is Nc1ncc(-c2ccc3c(c2)CCCC3)cc1C(=O)O. The molecule has 0 radical (unpaired) electrons. The smallest absolute Gasteiger partial charge is 0.339 e. The number of carboxylic acids is 1. The topological polar surface area (TPSA) is 76.2 Å². The lowest BCUT2D eigenvalue weighted by Gasteiger charge is -2.16. The zero-order valence-corrected chi connectivity index (χ0v) is 11.1. The largest absolute Gasteiger partial charge is 0.478 e. The molecule has 0 atom stereocenters. The number of carboxylic acid groups (broad SMARTS) is 1. The van der Waals surface area contributed by atoms with Crippen molar-refractivity contribution >= 4 is 11.8 Å². The Balaban J connectivity index is 2.05. The lowest BCUT2D eigenvalue weighted by molar-refractivity contribution is 0.0697. The van der Waals surface area contributed by atoms with E-state index in [4.69, 9.17) is 10.8 Å². The summed E-state index contributed by atoms with van der Waals surface area (Å²) in [6, 6.07) is 7.91. The molecule has 1 heterocycles. The molecule has 102 valence electrons. The number of fused-ring (bicyclic) bond motifs is 1. The molecule has 0 bridgehead atoms. The van der Waals surface area contributed by atoms with Crippen molar-refractivity contribution in [3.8, 4) is 11.1 Å². The first-order chi connectivity index (χ1) is 9.65. The number of nitrogens with zero attached hydrogens (tertiary/aromatic N) is 1. The third-order valence-electron chi connectivity index (χ3n) is 3.83. The van der Waals surface area contributed by atoms with Crippen molar-refractivity contribution in [2.24, 2.45) is 0 Å². The number of aryl methyl sites for hydroxylation is 2. The summed E-state index contributed by atoms with van der Waals surface area (Å²) < 4.78 is 0. The summed E-state index contributed by atoms with van der Waals surface area (Å²) in [6.45, 7) is 0. The first-order valence-corrected chi connectivity index (χ1v) is 6.76. The molecule has 0 unspecified atom stereocenters. The Hall–Kier alpha value is -2.36. The summed E-state index contributed by atoms with van der Waals surface area (Å²) in [4.78, 5) is 15.1. The number of hydrogen-bond acceptors (Lipinski definition) is 3. The van der Waals surface area contributed by atoms with Crippen LogP contribution in [0.2, 0.25) is 0 Å². The van der Waals surface area contributed by atoms with Crippen LogP contribution in [0, 0.1) is 0 Å². The predicted octanol–water partition coefficient (Wildman–Crippen LogP) is 2.91. The third-order valence-corrected chi connectivity index (χ3v) is 3.83. The van der Waals surface area contributed by atoms with Gasteiger partial charge in [0.25, 0.3) is 0 Å². The van der Waals surface area contributed by atoms with E-state index in [0.717, 1.165) is 24.0 Å². The first kappa shape index (κ1) is 12.7.